The highest BCUT2D eigenvalue weighted by Gasteiger charge is 2.27. The number of carbonyl (C=O) groups is 1. The van der Waals surface area contributed by atoms with E-state index in [0.717, 1.165) is 21.0 Å². The van der Waals surface area contributed by atoms with Crippen molar-refractivity contribution < 1.29 is 17.9 Å². The molecule has 0 aliphatic rings. The molecule has 7 nitrogen and oxygen atoms in total. The van der Waals surface area contributed by atoms with Gasteiger partial charge in [0.05, 0.1) is 16.8 Å². The minimum Gasteiger partial charge on any atom is -0.489 e. The van der Waals surface area contributed by atoms with Gasteiger partial charge in [-0.2, -0.15) is 5.10 Å². The largest absolute Gasteiger partial charge is 0.489 e. The van der Waals surface area contributed by atoms with Crippen molar-refractivity contribution >= 4 is 39.4 Å². The summed E-state index contributed by atoms with van der Waals surface area (Å²) in [6, 6.07) is 29.6. The molecule has 0 atom stereocenters. The Bertz CT molecular complexity index is 1510. The van der Waals surface area contributed by atoms with Gasteiger partial charge in [-0.25, -0.2) is 13.8 Å². The first-order chi connectivity index (χ1) is 18.3. The summed E-state index contributed by atoms with van der Waals surface area (Å²) in [7, 11) is -3.98. The Kier molecular flexibility index (Phi) is 8.78. The predicted molar refractivity (Wildman–Crippen MR) is 150 cm³/mol. The van der Waals surface area contributed by atoms with Crippen LogP contribution in [0, 0.1) is 6.92 Å². The zero-order chi connectivity index (χ0) is 27.0. The van der Waals surface area contributed by atoms with E-state index in [1.807, 2.05) is 30.3 Å². The van der Waals surface area contributed by atoms with Crippen LogP contribution in [0.3, 0.4) is 0 Å². The van der Waals surface area contributed by atoms with Gasteiger partial charge in [0.25, 0.3) is 15.9 Å². The Morgan fingerprint density at radius 1 is 0.921 bits per heavy atom. The Morgan fingerprint density at radius 3 is 2.26 bits per heavy atom. The van der Waals surface area contributed by atoms with Crippen molar-refractivity contribution in [3.8, 4) is 5.75 Å². The third-order valence-electron chi connectivity index (χ3n) is 5.60. The highest BCUT2D eigenvalue weighted by molar-refractivity contribution is 7.92. The number of anilines is 1. The Labute approximate surface area is 227 Å². The van der Waals surface area contributed by atoms with Crippen LogP contribution in [-0.2, 0) is 21.4 Å². The number of sulfonamides is 1. The van der Waals surface area contributed by atoms with E-state index in [4.69, 9.17) is 16.3 Å². The summed E-state index contributed by atoms with van der Waals surface area (Å²) >= 11 is 5.90. The maximum atomic E-state index is 13.4. The van der Waals surface area contributed by atoms with Gasteiger partial charge < -0.3 is 4.74 Å². The second-order valence-electron chi connectivity index (χ2n) is 8.39. The number of benzene rings is 4. The summed E-state index contributed by atoms with van der Waals surface area (Å²) in [5.41, 5.74) is 5.30. The molecule has 1 amide bonds. The van der Waals surface area contributed by atoms with Crippen LogP contribution < -0.4 is 14.5 Å². The van der Waals surface area contributed by atoms with E-state index < -0.39 is 22.5 Å². The number of nitrogens with one attached hydrogen (secondary N) is 1. The topological polar surface area (TPSA) is 88.1 Å². The molecule has 0 spiro atoms. The molecule has 0 aliphatic heterocycles. The molecule has 0 heterocycles. The monoisotopic (exact) mass is 547 g/mol. The summed E-state index contributed by atoms with van der Waals surface area (Å²) < 4.78 is 33.7. The highest BCUT2D eigenvalue weighted by Crippen LogP contribution is 2.26. The van der Waals surface area contributed by atoms with E-state index >= 15 is 0 Å². The second-order valence-corrected chi connectivity index (χ2v) is 10.7. The zero-order valence-corrected chi connectivity index (χ0v) is 22.2. The molecular formula is C29H26ClN3O4S. The van der Waals surface area contributed by atoms with Gasteiger partial charge in [0.15, 0.2) is 0 Å². The van der Waals surface area contributed by atoms with Gasteiger partial charge >= 0.3 is 0 Å². The van der Waals surface area contributed by atoms with Crippen molar-refractivity contribution in [2.75, 3.05) is 10.8 Å². The summed E-state index contributed by atoms with van der Waals surface area (Å²) in [5, 5.41) is 4.67. The Hall–Kier alpha value is -4.14. The first-order valence-corrected chi connectivity index (χ1v) is 13.6. The zero-order valence-electron chi connectivity index (χ0n) is 20.6. The quantitative estimate of drug-likeness (QED) is 0.207. The SMILES string of the molecule is Cc1ccccc1N(CC(=O)N/N=C/c1ccc(OCc2ccc(Cl)cc2)cc1)S(=O)(=O)c1ccccc1. The molecule has 0 fully saturated rings. The van der Waals surface area contributed by atoms with E-state index in [0.29, 0.717) is 23.1 Å². The number of hydrogen-bond acceptors (Lipinski definition) is 5. The van der Waals surface area contributed by atoms with Crippen molar-refractivity contribution in [2.45, 2.75) is 18.4 Å². The number of hydrogen-bond donors (Lipinski definition) is 1. The maximum absolute atomic E-state index is 13.4. The molecule has 4 aromatic rings. The lowest BCUT2D eigenvalue weighted by Crippen LogP contribution is -2.40. The van der Waals surface area contributed by atoms with Gasteiger partial charge in [0, 0.05) is 5.02 Å². The Balaban J connectivity index is 1.39. The second kappa shape index (κ2) is 12.4. The lowest BCUT2D eigenvalue weighted by atomic mass is 10.2. The molecule has 4 rings (SSSR count). The van der Waals surface area contributed by atoms with E-state index in [2.05, 4.69) is 10.5 Å². The number of aryl methyl sites for hydroxylation is 1. The standard InChI is InChI=1S/C29H26ClN3O4S/c1-22-7-5-6-10-28(22)33(38(35,36)27-8-3-2-4-9-27)20-29(34)32-31-19-23-13-17-26(18-14-23)37-21-24-11-15-25(30)16-12-24/h2-19H,20-21H2,1H3,(H,32,34)/b31-19+. The molecular weight excluding hydrogens is 522 g/mol. The summed E-state index contributed by atoms with van der Waals surface area (Å²) in [6.45, 7) is 1.77. The van der Waals surface area contributed by atoms with Gasteiger partial charge in [0.2, 0.25) is 0 Å². The molecule has 9 heteroatoms. The molecule has 0 saturated carbocycles. The first kappa shape index (κ1) is 26.9. The van der Waals surface area contributed by atoms with Crippen LogP contribution in [0.2, 0.25) is 5.02 Å². The Morgan fingerprint density at radius 2 is 1.58 bits per heavy atom. The molecule has 0 aromatic heterocycles. The maximum Gasteiger partial charge on any atom is 0.264 e. The third kappa shape index (κ3) is 7.00. The van der Waals surface area contributed by atoms with Crippen LogP contribution in [-0.4, -0.2) is 27.1 Å². The van der Waals surface area contributed by atoms with Gasteiger partial charge in [-0.3, -0.25) is 9.10 Å². The molecule has 0 saturated heterocycles. The summed E-state index contributed by atoms with van der Waals surface area (Å²) in [4.78, 5) is 12.8. The fraction of sp³-hybridized carbons (Fsp3) is 0.103. The average Bonchev–Trinajstić information content (AvgIpc) is 2.93. The van der Waals surface area contributed by atoms with Gasteiger partial charge in [0.1, 0.15) is 18.9 Å². The van der Waals surface area contributed by atoms with Crippen molar-refractivity contribution in [3.05, 3.63) is 125 Å². The summed E-state index contributed by atoms with van der Waals surface area (Å²) in [5.74, 6) is 0.105. The summed E-state index contributed by atoms with van der Waals surface area (Å²) in [6.07, 6.45) is 1.48. The first-order valence-electron chi connectivity index (χ1n) is 11.8. The molecule has 194 valence electrons. The highest BCUT2D eigenvalue weighted by atomic mass is 35.5. The molecule has 4 aromatic carbocycles. The number of carbonyl (C=O) groups excluding carboxylic acids is 1. The lowest BCUT2D eigenvalue weighted by molar-refractivity contribution is -0.119. The number of rotatable bonds is 10. The minimum atomic E-state index is -3.98. The molecule has 0 radical (unpaired) electrons. The van der Waals surface area contributed by atoms with E-state index in [-0.39, 0.29) is 4.90 Å². The van der Waals surface area contributed by atoms with Crippen LogP contribution in [0.25, 0.3) is 0 Å². The van der Waals surface area contributed by atoms with Gasteiger partial charge in [-0.1, -0.05) is 60.1 Å². The number of amides is 1. The number of ether oxygens (including phenoxy) is 1. The minimum absolute atomic E-state index is 0.0953. The van der Waals surface area contributed by atoms with Crippen LogP contribution in [0.4, 0.5) is 5.69 Å². The average molecular weight is 548 g/mol. The molecule has 0 unspecified atom stereocenters. The normalized spacial score (nSPS) is 11.3. The van der Waals surface area contributed by atoms with Gasteiger partial charge in [-0.15, -0.1) is 0 Å². The molecule has 1 N–H and O–H groups in total. The fourth-order valence-electron chi connectivity index (χ4n) is 3.60. The van der Waals surface area contributed by atoms with Crippen molar-refractivity contribution in [2.24, 2.45) is 5.10 Å². The van der Waals surface area contributed by atoms with Gasteiger partial charge in [-0.05, 0) is 78.2 Å². The fourth-order valence-corrected chi connectivity index (χ4v) is 5.24. The van der Waals surface area contributed by atoms with Crippen molar-refractivity contribution in [1.29, 1.82) is 0 Å². The molecule has 0 bridgehead atoms. The van der Waals surface area contributed by atoms with Crippen LogP contribution in [0.5, 0.6) is 5.75 Å². The number of hydrazone groups is 1. The predicted octanol–water partition coefficient (Wildman–Crippen LogP) is 5.57. The van der Waals surface area contributed by atoms with Crippen LogP contribution >= 0.6 is 11.6 Å². The number of nitrogens with zero attached hydrogens (tertiary/aromatic N) is 2. The van der Waals surface area contributed by atoms with Crippen LogP contribution in [0.15, 0.2) is 113 Å². The number of para-hydroxylation sites is 1. The third-order valence-corrected chi connectivity index (χ3v) is 7.63. The van der Waals surface area contributed by atoms with Crippen LogP contribution in [0.1, 0.15) is 16.7 Å². The smallest absolute Gasteiger partial charge is 0.264 e. The molecule has 38 heavy (non-hydrogen) atoms. The van der Waals surface area contributed by atoms with Crippen molar-refractivity contribution in [3.63, 3.8) is 0 Å². The van der Waals surface area contributed by atoms with E-state index in [1.165, 1.54) is 18.3 Å². The van der Waals surface area contributed by atoms with E-state index in [1.54, 1.807) is 67.6 Å². The van der Waals surface area contributed by atoms with Crippen molar-refractivity contribution in [1.82, 2.24) is 5.43 Å². The number of halogens is 1. The van der Waals surface area contributed by atoms with E-state index in [9.17, 15) is 13.2 Å². The lowest BCUT2D eigenvalue weighted by Gasteiger charge is -2.25. The molecule has 0 aliphatic carbocycles.